The maximum absolute atomic E-state index is 11.0. The number of anilines is 1. The van der Waals surface area contributed by atoms with E-state index in [1.54, 1.807) is 24.3 Å². The Hall–Kier alpha value is -1.43. The molecule has 0 saturated carbocycles. The maximum atomic E-state index is 11.0. The highest BCUT2D eigenvalue weighted by molar-refractivity contribution is 5.89. The van der Waals surface area contributed by atoms with Crippen LogP contribution in [0.1, 0.15) is 25.0 Å². The van der Waals surface area contributed by atoms with Gasteiger partial charge in [-0.2, -0.15) is 0 Å². The van der Waals surface area contributed by atoms with Crippen LogP contribution >= 0.6 is 0 Å². The van der Waals surface area contributed by atoms with Crippen LogP contribution in [-0.4, -0.2) is 28.8 Å². The summed E-state index contributed by atoms with van der Waals surface area (Å²) in [5, 5.41) is 22.3. The molecule has 0 bridgehead atoms. The highest BCUT2D eigenvalue weighted by Crippen LogP contribution is 2.26. The highest BCUT2D eigenvalue weighted by atomic mass is 16.3. The van der Waals surface area contributed by atoms with Gasteiger partial charge >= 0.3 is 0 Å². The van der Waals surface area contributed by atoms with Crippen LogP contribution in [0.5, 0.6) is 0 Å². The van der Waals surface area contributed by atoms with Gasteiger partial charge in [0.1, 0.15) is 6.10 Å². The van der Waals surface area contributed by atoms with Crippen LogP contribution in [0, 0.1) is 0 Å². The summed E-state index contributed by atoms with van der Waals surface area (Å²) in [6.07, 6.45) is -1.69. The fraction of sp³-hybridized carbons (Fsp3) is 0.417. The minimum Gasteiger partial charge on any atom is -0.390 e. The van der Waals surface area contributed by atoms with E-state index < -0.39 is 12.2 Å². The molecule has 0 heterocycles. The Bertz CT molecular complexity index is 382. The summed E-state index contributed by atoms with van der Waals surface area (Å²) in [7, 11) is 0. The zero-order valence-electron chi connectivity index (χ0n) is 9.76. The van der Waals surface area contributed by atoms with E-state index in [4.69, 9.17) is 5.73 Å². The molecule has 0 aliphatic rings. The molecule has 1 amide bonds. The molecule has 0 fully saturated rings. The summed E-state index contributed by atoms with van der Waals surface area (Å²) in [6.45, 7) is 1.68. The second kappa shape index (κ2) is 6.34. The zero-order chi connectivity index (χ0) is 12.8. The van der Waals surface area contributed by atoms with Gasteiger partial charge in [0.2, 0.25) is 5.91 Å². The Morgan fingerprint density at radius 2 is 2.06 bits per heavy atom. The standard InChI is InChI=1S/C12H18N2O3/c1-8(15)14-10-5-3-2-4-9(10)12(17)11(16)6-7-13/h2-5,11-12,16-17H,6-7,13H2,1H3,(H,14,15). The molecule has 2 unspecified atom stereocenters. The number of aliphatic hydroxyl groups is 2. The van der Waals surface area contributed by atoms with Gasteiger partial charge in [-0.15, -0.1) is 0 Å². The van der Waals surface area contributed by atoms with Gasteiger partial charge in [-0.3, -0.25) is 4.79 Å². The second-order valence-electron chi connectivity index (χ2n) is 3.86. The van der Waals surface area contributed by atoms with E-state index in [0.717, 1.165) is 0 Å². The number of nitrogens with two attached hydrogens (primary N) is 1. The zero-order valence-corrected chi connectivity index (χ0v) is 9.76. The van der Waals surface area contributed by atoms with Crippen LogP contribution in [0.2, 0.25) is 0 Å². The van der Waals surface area contributed by atoms with E-state index in [2.05, 4.69) is 5.32 Å². The molecule has 17 heavy (non-hydrogen) atoms. The van der Waals surface area contributed by atoms with E-state index in [0.29, 0.717) is 24.2 Å². The molecule has 5 N–H and O–H groups in total. The number of hydrogen-bond donors (Lipinski definition) is 4. The Labute approximate surface area is 100 Å². The lowest BCUT2D eigenvalue weighted by Gasteiger charge is -2.20. The van der Waals surface area contributed by atoms with Gasteiger partial charge in [-0.05, 0) is 19.0 Å². The minimum absolute atomic E-state index is 0.224. The van der Waals surface area contributed by atoms with Crippen molar-refractivity contribution in [2.45, 2.75) is 25.6 Å². The molecule has 0 aliphatic heterocycles. The van der Waals surface area contributed by atoms with Crippen molar-refractivity contribution in [2.24, 2.45) is 5.73 Å². The lowest BCUT2D eigenvalue weighted by atomic mass is 10.0. The van der Waals surface area contributed by atoms with Crippen molar-refractivity contribution in [3.63, 3.8) is 0 Å². The molecule has 5 heteroatoms. The first-order valence-electron chi connectivity index (χ1n) is 5.49. The highest BCUT2D eigenvalue weighted by Gasteiger charge is 2.20. The van der Waals surface area contributed by atoms with E-state index in [1.165, 1.54) is 6.92 Å². The SMILES string of the molecule is CC(=O)Nc1ccccc1C(O)C(O)CCN. The topological polar surface area (TPSA) is 95.6 Å². The fourth-order valence-corrected chi connectivity index (χ4v) is 1.59. The summed E-state index contributed by atoms with van der Waals surface area (Å²) < 4.78 is 0. The first-order chi connectivity index (χ1) is 8.06. The number of benzene rings is 1. The number of amides is 1. The molecule has 2 atom stereocenters. The van der Waals surface area contributed by atoms with E-state index >= 15 is 0 Å². The average Bonchev–Trinajstić information content (AvgIpc) is 2.28. The first-order valence-corrected chi connectivity index (χ1v) is 5.49. The number of rotatable bonds is 5. The van der Waals surface area contributed by atoms with Gasteiger partial charge in [0.15, 0.2) is 0 Å². The minimum atomic E-state index is -1.05. The van der Waals surface area contributed by atoms with Crippen LogP contribution in [0.25, 0.3) is 0 Å². The monoisotopic (exact) mass is 238 g/mol. The van der Waals surface area contributed by atoms with Crippen molar-refractivity contribution in [1.82, 2.24) is 0 Å². The third kappa shape index (κ3) is 3.81. The number of para-hydroxylation sites is 1. The van der Waals surface area contributed by atoms with Crippen LogP contribution in [0.3, 0.4) is 0 Å². The second-order valence-corrected chi connectivity index (χ2v) is 3.86. The Morgan fingerprint density at radius 1 is 1.41 bits per heavy atom. The summed E-state index contributed by atoms with van der Waals surface area (Å²) in [5.41, 5.74) is 6.32. The number of nitrogens with one attached hydrogen (secondary N) is 1. The number of hydrogen-bond acceptors (Lipinski definition) is 4. The average molecular weight is 238 g/mol. The molecule has 1 aromatic rings. The van der Waals surface area contributed by atoms with Crippen LogP contribution in [-0.2, 0) is 4.79 Å². The molecule has 1 aromatic carbocycles. The normalized spacial score (nSPS) is 14.1. The van der Waals surface area contributed by atoms with Gasteiger partial charge < -0.3 is 21.3 Å². The molecule has 94 valence electrons. The van der Waals surface area contributed by atoms with Crippen LogP contribution < -0.4 is 11.1 Å². The molecule has 0 spiro atoms. The Morgan fingerprint density at radius 3 is 2.65 bits per heavy atom. The van der Waals surface area contributed by atoms with Gasteiger partial charge in [-0.1, -0.05) is 18.2 Å². The molecule has 0 saturated heterocycles. The number of carbonyl (C=O) groups is 1. The molecular formula is C12H18N2O3. The number of aliphatic hydroxyl groups excluding tert-OH is 2. The van der Waals surface area contributed by atoms with E-state index in [9.17, 15) is 15.0 Å². The van der Waals surface area contributed by atoms with Gasteiger partial charge in [0.25, 0.3) is 0 Å². The van der Waals surface area contributed by atoms with Crippen molar-refractivity contribution in [1.29, 1.82) is 0 Å². The molecule has 0 aliphatic carbocycles. The molecule has 0 radical (unpaired) electrons. The van der Waals surface area contributed by atoms with Crippen LogP contribution in [0.4, 0.5) is 5.69 Å². The summed E-state index contributed by atoms with van der Waals surface area (Å²) in [4.78, 5) is 11.0. The number of carbonyl (C=O) groups excluding carboxylic acids is 1. The lowest BCUT2D eigenvalue weighted by Crippen LogP contribution is -2.23. The first kappa shape index (κ1) is 13.6. The largest absolute Gasteiger partial charge is 0.390 e. The van der Waals surface area contributed by atoms with Crippen molar-refractivity contribution in [2.75, 3.05) is 11.9 Å². The Kier molecular flexibility index (Phi) is 5.09. The van der Waals surface area contributed by atoms with E-state index in [-0.39, 0.29) is 5.91 Å². The van der Waals surface area contributed by atoms with Crippen molar-refractivity contribution in [3.8, 4) is 0 Å². The van der Waals surface area contributed by atoms with Crippen LogP contribution in [0.15, 0.2) is 24.3 Å². The quantitative estimate of drug-likeness (QED) is 0.596. The third-order valence-corrected chi connectivity index (χ3v) is 2.42. The predicted octanol–water partition coefficient (Wildman–Crippen LogP) is 0.388. The summed E-state index contributed by atoms with van der Waals surface area (Å²) in [6, 6.07) is 6.82. The summed E-state index contributed by atoms with van der Waals surface area (Å²) in [5.74, 6) is -0.224. The van der Waals surface area contributed by atoms with Gasteiger partial charge in [0, 0.05) is 18.2 Å². The molecule has 0 aromatic heterocycles. The molecule has 5 nitrogen and oxygen atoms in total. The van der Waals surface area contributed by atoms with Crippen molar-refractivity contribution in [3.05, 3.63) is 29.8 Å². The smallest absolute Gasteiger partial charge is 0.221 e. The van der Waals surface area contributed by atoms with Gasteiger partial charge in [0.05, 0.1) is 6.10 Å². The fourth-order valence-electron chi connectivity index (χ4n) is 1.59. The maximum Gasteiger partial charge on any atom is 0.221 e. The molecular weight excluding hydrogens is 220 g/mol. The predicted molar refractivity (Wildman–Crippen MR) is 65.4 cm³/mol. The van der Waals surface area contributed by atoms with Gasteiger partial charge in [-0.25, -0.2) is 0 Å². The molecule has 1 rings (SSSR count). The lowest BCUT2D eigenvalue weighted by molar-refractivity contribution is -0.114. The van der Waals surface area contributed by atoms with Crippen molar-refractivity contribution >= 4 is 11.6 Å². The Balaban J connectivity index is 2.91. The van der Waals surface area contributed by atoms with Crippen molar-refractivity contribution < 1.29 is 15.0 Å². The third-order valence-electron chi connectivity index (χ3n) is 2.42. The van der Waals surface area contributed by atoms with E-state index in [1.807, 2.05) is 0 Å². The summed E-state index contributed by atoms with van der Waals surface area (Å²) >= 11 is 0.